The highest BCUT2D eigenvalue weighted by Crippen LogP contribution is 2.33. The van der Waals surface area contributed by atoms with Crippen LogP contribution in [0.15, 0.2) is 0 Å². The summed E-state index contributed by atoms with van der Waals surface area (Å²) in [5.74, 6) is 0.681. The fourth-order valence-electron chi connectivity index (χ4n) is 1.85. The Hall–Kier alpha value is 0.210. The van der Waals surface area contributed by atoms with Crippen molar-refractivity contribution in [2.24, 2.45) is 5.41 Å². The van der Waals surface area contributed by atoms with Gasteiger partial charge in [0.05, 0.1) is 12.2 Å². The predicted octanol–water partition coefficient (Wildman–Crippen LogP) is 3.23. The lowest BCUT2D eigenvalue weighted by Gasteiger charge is -2.36. The molecule has 0 aliphatic carbocycles. The molecule has 0 aromatic heterocycles. The van der Waals surface area contributed by atoms with E-state index >= 15 is 0 Å². The molecular formula is C12H23ClO2. The summed E-state index contributed by atoms with van der Waals surface area (Å²) >= 11 is 6.05. The Morgan fingerprint density at radius 1 is 1.40 bits per heavy atom. The Kier molecular flexibility index (Phi) is 4.88. The zero-order valence-electron chi connectivity index (χ0n) is 10.1. The average Bonchev–Trinajstić information content (AvgIpc) is 2.17. The highest BCUT2D eigenvalue weighted by Gasteiger charge is 2.32. The van der Waals surface area contributed by atoms with Crippen molar-refractivity contribution in [3.63, 3.8) is 0 Å². The summed E-state index contributed by atoms with van der Waals surface area (Å²) in [6.45, 7) is 8.70. The van der Waals surface area contributed by atoms with E-state index < -0.39 is 0 Å². The molecule has 1 heterocycles. The fraction of sp³-hybridized carbons (Fsp3) is 1.00. The lowest BCUT2D eigenvalue weighted by atomic mass is 9.81. The molecule has 1 aliphatic rings. The van der Waals surface area contributed by atoms with Crippen LogP contribution in [0.1, 0.15) is 40.0 Å². The van der Waals surface area contributed by atoms with Gasteiger partial charge < -0.3 is 9.47 Å². The number of rotatable bonds is 4. The molecule has 0 N–H and O–H groups in total. The summed E-state index contributed by atoms with van der Waals surface area (Å²) < 4.78 is 11.3. The Labute approximate surface area is 98.3 Å². The van der Waals surface area contributed by atoms with Gasteiger partial charge in [-0.25, -0.2) is 0 Å². The van der Waals surface area contributed by atoms with Gasteiger partial charge in [-0.3, -0.25) is 0 Å². The van der Waals surface area contributed by atoms with Crippen LogP contribution in [0, 0.1) is 5.41 Å². The van der Waals surface area contributed by atoms with Gasteiger partial charge in [0, 0.05) is 24.5 Å². The average molecular weight is 235 g/mol. The number of alkyl halides is 1. The van der Waals surface area contributed by atoms with E-state index in [2.05, 4.69) is 20.8 Å². The van der Waals surface area contributed by atoms with Crippen LogP contribution >= 0.6 is 11.6 Å². The second-order valence-corrected chi connectivity index (χ2v) is 5.77. The number of hydrogen-bond acceptors (Lipinski definition) is 2. The molecule has 15 heavy (non-hydrogen) atoms. The van der Waals surface area contributed by atoms with Crippen LogP contribution in [0.4, 0.5) is 0 Å². The van der Waals surface area contributed by atoms with E-state index in [4.69, 9.17) is 21.1 Å². The first-order valence-corrected chi connectivity index (χ1v) is 6.29. The van der Waals surface area contributed by atoms with Crippen molar-refractivity contribution in [2.75, 3.05) is 25.7 Å². The molecule has 0 amide bonds. The molecule has 1 rings (SSSR count). The zero-order valence-corrected chi connectivity index (χ0v) is 10.9. The maximum absolute atomic E-state index is 6.05. The monoisotopic (exact) mass is 234 g/mol. The molecule has 1 fully saturated rings. The molecule has 0 radical (unpaired) electrons. The smallest absolute Gasteiger partial charge is 0.0598 e. The van der Waals surface area contributed by atoms with Crippen LogP contribution in [-0.4, -0.2) is 31.3 Å². The van der Waals surface area contributed by atoms with Crippen molar-refractivity contribution in [1.82, 2.24) is 0 Å². The molecule has 1 unspecified atom stereocenters. The largest absolute Gasteiger partial charge is 0.381 e. The number of halogens is 1. The van der Waals surface area contributed by atoms with Crippen molar-refractivity contribution in [2.45, 2.75) is 45.6 Å². The minimum absolute atomic E-state index is 0.0526. The Morgan fingerprint density at radius 3 is 2.60 bits per heavy atom. The highest BCUT2D eigenvalue weighted by atomic mass is 35.5. The quantitative estimate of drug-likeness (QED) is 0.696. The molecule has 0 saturated carbocycles. The van der Waals surface area contributed by atoms with Crippen LogP contribution in [0.25, 0.3) is 0 Å². The molecule has 1 saturated heterocycles. The summed E-state index contributed by atoms with van der Waals surface area (Å²) in [4.78, 5) is 0. The molecule has 1 atom stereocenters. The second kappa shape index (κ2) is 5.51. The molecule has 3 heteroatoms. The third-order valence-corrected chi connectivity index (χ3v) is 3.42. The van der Waals surface area contributed by atoms with Crippen LogP contribution in [0.5, 0.6) is 0 Å². The van der Waals surface area contributed by atoms with Gasteiger partial charge in [0.15, 0.2) is 0 Å². The van der Waals surface area contributed by atoms with Gasteiger partial charge in [0.2, 0.25) is 0 Å². The first-order valence-electron chi connectivity index (χ1n) is 5.75. The molecule has 2 nitrogen and oxygen atoms in total. The summed E-state index contributed by atoms with van der Waals surface area (Å²) in [6.07, 6.45) is 3.31. The third-order valence-electron chi connectivity index (χ3n) is 2.85. The second-order valence-electron chi connectivity index (χ2n) is 5.50. The van der Waals surface area contributed by atoms with Crippen molar-refractivity contribution in [1.29, 1.82) is 0 Å². The number of ether oxygens (including phenoxy) is 2. The molecule has 90 valence electrons. The van der Waals surface area contributed by atoms with Gasteiger partial charge in [0.1, 0.15) is 0 Å². The van der Waals surface area contributed by atoms with Gasteiger partial charge in [0.25, 0.3) is 0 Å². The molecule has 0 aromatic rings. The maximum atomic E-state index is 6.05. The lowest BCUT2D eigenvalue weighted by Crippen LogP contribution is -2.35. The molecule has 0 bridgehead atoms. The van der Waals surface area contributed by atoms with Crippen molar-refractivity contribution in [3.8, 4) is 0 Å². The Balaban J connectivity index is 2.33. The summed E-state index contributed by atoms with van der Waals surface area (Å²) in [5.41, 5.74) is 0.105. The first kappa shape index (κ1) is 13.3. The van der Waals surface area contributed by atoms with Gasteiger partial charge in [-0.1, -0.05) is 0 Å². The molecule has 0 spiro atoms. The van der Waals surface area contributed by atoms with E-state index in [1.54, 1.807) is 0 Å². The van der Waals surface area contributed by atoms with Crippen LogP contribution in [-0.2, 0) is 9.47 Å². The Bertz CT molecular complexity index is 181. The molecule has 1 aliphatic heterocycles. The highest BCUT2D eigenvalue weighted by molar-refractivity contribution is 6.18. The van der Waals surface area contributed by atoms with Gasteiger partial charge in [-0.2, -0.15) is 0 Å². The van der Waals surface area contributed by atoms with E-state index in [-0.39, 0.29) is 11.0 Å². The standard InChI is InChI=1S/C12H23ClO2/c1-11(2,3)15-8-6-12(9-13)5-4-7-14-10-12/h4-10H2,1-3H3. The van der Waals surface area contributed by atoms with Crippen molar-refractivity contribution < 1.29 is 9.47 Å². The Morgan fingerprint density at radius 2 is 2.13 bits per heavy atom. The van der Waals surface area contributed by atoms with Gasteiger partial charge >= 0.3 is 0 Å². The third kappa shape index (κ3) is 4.71. The van der Waals surface area contributed by atoms with Crippen molar-refractivity contribution in [3.05, 3.63) is 0 Å². The summed E-state index contributed by atoms with van der Waals surface area (Å²) in [6, 6.07) is 0. The lowest BCUT2D eigenvalue weighted by molar-refractivity contribution is -0.0481. The van der Waals surface area contributed by atoms with E-state index in [0.29, 0.717) is 5.88 Å². The summed E-state index contributed by atoms with van der Waals surface area (Å²) in [5, 5.41) is 0. The molecular weight excluding hydrogens is 212 g/mol. The zero-order chi connectivity index (χ0) is 11.4. The van der Waals surface area contributed by atoms with E-state index in [1.165, 1.54) is 6.42 Å². The minimum atomic E-state index is -0.0526. The van der Waals surface area contributed by atoms with E-state index in [0.717, 1.165) is 32.7 Å². The van der Waals surface area contributed by atoms with Gasteiger partial charge in [-0.15, -0.1) is 11.6 Å². The summed E-state index contributed by atoms with van der Waals surface area (Å²) in [7, 11) is 0. The topological polar surface area (TPSA) is 18.5 Å². The van der Waals surface area contributed by atoms with Crippen LogP contribution in [0.3, 0.4) is 0 Å². The van der Waals surface area contributed by atoms with E-state index in [9.17, 15) is 0 Å². The fourth-order valence-corrected chi connectivity index (χ4v) is 2.20. The minimum Gasteiger partial charge on any atom is -0.381 e. The maximum Gasteiger partial charge on any atom is 0.0598 e. The van der Waals surface area contributed by atoms with Crippen LogP contribution in [0.2, 0.25) is 0 Å². The predicted molar refractivity (Wildman–Crippen MR) is 63.5 cm³/mol. The van der Waals surface area contributed by atoms with Crippen LogP contribution < -0.4 is 0 Å². The number of hydrogen-bond donors (Lipinski definition) is 0. The molecule has 0 aromatic carbocycles. The van der Waals surface area contributed by atoms with Crippen molar-refractivity contribution >= 4 is 11.6 Å². The normalized spacial score (nSPS) is 28.0. The van der Waals surface area contributed by atoms with Gasteiger partial charge in [-0.05, 0) is 40.0 Å². The first-order chi connectivity index (χ1) is 6.97. The van der Waals surface area contributed by atoms with E-state index in [1.807, 2.05) is 0 Å². The SMILES string of the molecule is CC(C)(C)OCCC1(CCl)CCCOC1.